The second-order valence-electron chi connectivity index (χ2n) is 19.6. The van der Waals surface area contributed by atoms with Gasteiger partial charge in [0, 0.05) is 16.5 Å². The van der Waals surface area contributed by atoms with Crippen LogP contribution in [0.25, 0.3) is 49.7 Å². The SMILES string of the molecule is CC(C)(C)c1cc(-c2ccc3c(c2)c2cc(-c4cc(C(C)(C)C)cc(C(F)(F)F)c4)ccc2n3-c2ccccc2C23CC4CC(CC(C4)C2)C3)cc(C(F)(F)F)c1. The van der Waals surface area contributed by atoms with Crippen LogP contribution in [0.2, 0.25) is 0 Å². The van der Waals surface area contributed by atoms with E-state index in [1.54, 1.807) is 0 Å². The number of hydrogen-bond donors (Lipinski definition) is 0. The van der Waals surface area contributed by atoms with E-state index in [-0.39, 0.29) is 5.41 Å². The summed E-state index contributed by atoms with van der Waals surface area (Å²) in [5, 5.41) is 1.67. The van der Waals surface area contributed by atoms with Crippen LogP contribution in [0.15, 0.2) is 97.1 Å². The van der Waals surface area contributed by atoms with E-state index in [2.05, 4.69) is 28.8 Å². The summed E-state index contributed by atoms with van der Waals surface area (Å²) in [6, 6.07) is 29.1. The van der Waals surface area contributed by atoms with Gasteiger partial charge in [0.05, 0.1) is 22.2 Å². The lowest BCUT2D eigenvalue weighted by Gasteiger charge is -2.57. The van der Waals surface area contributed by atoms with Crippen molar-refractivity contribution >= 4 is 21.8 Å². The zero-order valence-corrected chi connectivity index (χ0v) is 33.4. The van der Waals surface area contributed by atoms with E-state index >= 15 is 0 Å². The molecule has 0 N–H and O–H groups in total. The molecule has 0 saturated heterocycles. The highest BCUT2D eigenvalue weighted by molar-refractivity contribution is 6.11. The highest BCUT2D eigenvalue weighted by Crippen LogP contribution is 2.61. The quantitative estimate of drug-likeness (QED) is 0.157. The smallest absolute Gasteiger partial charge is 0.309 e. The number of fused-ring (bicyclic) bond motifs is 3. The van der Waals surface area contributed by atoms with Crippen molar-refractivity contribution in [1.29, 1.82) is 0 Å². The zero-order chi connectivity index (χ0) is 40.4. The van der Waals surface area contributed by atoms with Crippen molar-refractivity contribution in [3.05, 3.63) is 125 Å². The summed E-state index contributed by atoms with van der Waals surface area (Å²) in [4.78, 5) is 0. The summed E-state index contributed by atoms with van der Waals surface area (Å²) in [7, 11) is 0. The Morgan fingerprint density at radius 2 is 0.877 bits per heavy atom. The fourth-order valence-corrected chi connectivity index (χ4v) is 11.0. The normalized spacial score (nSPS) is 22.6. The maximum atomic E-state index is 14.3. The molecule has 4 bridgehead atoms. The molecule has 0 aliphatic heterocycles. The van der Waals surface area contributed by atoms with Gasteiger partial charge in [-0.1, -0.05) is 84.0 Å². The van der Waals surface area contributed by atoms with Crippen molar-refractivity contribution in [2.45, 2.75) is 109 Å². The van der Waals surface area contributed by atoms with Gasteiger partial charge < -0.3 is 4.57 Å². The standard InChI is InChI=1S/C50H49F6N/c1-46(2,3)36-18-34(20-38(24-36)49(51,52)53)32-11-13-43-40(22-32)41-23-33(35-19-37(47(4,5)6)25-39(21-35)50(54,55)56)12-14-44(41)57(43)45-10-8-7-9-42(45)48-26-29-15-30(27-48)17-31(16-29)28-48/h7-14,18-25,29-31H,15-17,26-28H2,1-6H3. The molecule has 6 aromatic rings. The van der Waals surface area contributed by atoms with E-state index in [0.717, 1.165) is 45.2 Å². The molecule has 4 aliphatic carbocycles. The molecule has 1 nitrogen and oxygen atoms in total. The van der Waals surface area contributed by atoms with Gasteiger partial charge in [0.15, 0.2) is 0 Å². The van der Waals surface area contributed by atoms with Gasteiger partial charge in [0.25, 0.3) is 0 Å². The minimum Gasteiger partial charge on any atom is -0.309 e. The minimum absolute atomic E-state index is 0.0803. The molecule has 7 heteroatoms. The molecule has 4 saturated carbocycles. The second-order valence-corrected chi connectivity index (χ2v) is 19.6. The molecule has 296 valence electrons. The third kappa shape index (κ3) is 6.67. The van der Waals surface area contributed by atoms with Gasteiger partial charge in [-0.2, -0.15) is 26.3 Å². The molecule has 1 heterocycles. The number of halogens is 6. The summed E-state index contributed by atoms with van der Waals surface area (Å²) in [6.07, 6.45) is -1.55. The number of benzene rings is 5. The summed E-state index contributed by atoms with van der Waals surface area (Å²) < 4.78 is 88.4. The van der Waals surface area contributed by atoms with Gasteiger partial charge in [-0.05, 0) is 166 Å². The topological polar surface area (TPSA) is 4.93 Å². The van der Waals surface area contributed by atoms with Crippen LogP contribution in [0.1, 0.15) is 108 Å². The molecule has 0 unspecified atom stereocenters. The number of rotatable bonds is 4. The number of alkyl halides is 6. The first-order chi connectivity index (χ1) is 26.7. The Kier molecular flexibility index (Phi) is 8.50. The highest BCUT2D eigenvalue weighted by Gasteiger charge is 2.52. The van der Waals surface area contributed by atoms with Crippen molar-refractivity contribution in [3.8, 4) is 27.9 Å². The minimum atomic E-state index is -4.52. The monoisotopic (exact) mass is 777 g/mol. The molecular formula is C50H49F6N. The number of para-hydroxylation sites is 1. The lowest BCUT2D eigenvalue weighted by atomic mass is 9.48. The zero-order valence-electron chi connectivity index (χ0n) is 33.4. The summed E-state index contributed by atoms with van der Waals surface area (Å²) >= 11 is 0. The van der Waals surface area contributed by atoms with E-state index in [0.29, 0.717) is 33.4 Å². The van der Waals surface area contributed by atoms with Crippen LogP contribution in [0.3, 0.4) is 0 Å². The Morgan fingerprint density at radius 3 is 1.28 bits per heavy atom. The molecule has 0 radical (unpaired) electrons. The average molecular weight is 778 g/mol. The Hall–Kier alpha value is -4.52. The third-order valence-corrected chi connectivity index (χ3v) is 13.4. The fourth-order valence-electron chi connectivity index (χ4n) is 11.0. The van der Waals surface area contributed by atoms with E-state index < -0.39 is 34.3 Å². The molecular weight excluding hydrogens is 729 g/mol. The van der Waals surface area contributed by atoms with Crippen molar-refractivity contribution in [3.63, 3.8) is 0 Å². The van der Waals surface area contributed by atoms with Gasteiger partial charge in [0.2, 0.25) is 0 Å². The van der Waals surface area contributed by atoms with Crippen LogP contribution in [-0.2, 0) is 28.6 Å². The fraction of sp³-hybridized carbons (Fsp3) is 0.400. The predicted octanol–water partition coefficient (Wildman–Crippen LogP) is 15.2. The first-order valence-electron chi connectivity index (χ1n) is 20.3. The van der Waals surface area contributed by atoms with E-state index in [9.17, 15) is 26.3 Å². The average Bonchev–Trinajstić information content (AvgIpc) is 3.45. The van der Waals surface area contributed by atoms with Crippen LogP contribution in [0.4, 0.5) is 26.3 Å². The van der Waals surface area contributed by atoms with Crippen molar-refractivity contribution < 1.29 is 26.3 Å². The Balaban J connectivity index is 1.30. The summed E-state index contributed by atoms with van der Waals surface area (Å²) in [5.74, 6) is 2.22. The summed E-state index contributed by atoms with van der Waals surface area (Å²) in [6.45, 7) is 11.4. The van der Waals surface area contributed by atoms with E-state index in [4.69, 9.17) is 0 Å². The first kappa shape index (κ1) is 38.0. The Morgan fingerprint density at radius 1 is 0.474 bits per heavy atom. The first-order valence-corrected chi connectivity index (χ1v) is 20.3. The van der Waals surface area contributed by atoms with Crippen LogP contribution >= 0.6 is 0 Å². The van der Waals surface area contributed by atoms with Crippen LogP contribution < -0.4 is 0 Å². The van der Waals surface area contributed by atoms with Crippen molar-refractivity contribution in [2.75, 3.05) is 0 Å². The highest BCUT2D eigenvalue weighted by atomic mass is 19.4. The molecule has 5 aromatic carbocycles. The number of nitrogens with zero attached hydrogens (tertiary/aromatic N) is 1. The molecule has 0 amide bonds. The van der Waals surface area contributed by atoms with Crippen molar-refractivity contribution in [2.24, 2.45) is 17.8 Å². The van der Waals surface area contributed by atoms with Crippen LogP contribution in [0, 0.1) is 17.8 Å². The van der Waals surface area contributed by atoms with E-state index in [1.807, 2.05) is 90.1 Å². The molecule has 10 rings (SSSR count). The lowest BCUT2D eigenvalue weighted by molar-refractivity contribution is -0.138. The summed E-state index contributed by atoms with van der Waals surface area (Å²) in [5.41, 5.74) is 5.29. The number of aromatic nitrogens is 1. The lowest BCUT2D eigenvalue weighted by Crippen LogP contribution is -2.48. The molecule has 4 fully saturated rings. The van der Waals surface area contributed by atoms with Crippen LogP contribution in [-0.4, -0.2) is 4.57 Å². The third-order valence-electron chi connectivity index (χ3n) is 13.4. The maximum absolute atomic E-state index is 14.3. The van der Waals surface area contributed by atoms with Gasteiger partial charge >= 0.3 is 12.4 Å². The Bertz CT molecular complexity index is 2320. The van der Waals surface area contributed by atoms with Gasteiger partial charge in [-0.3, -0.25) is 0 Å². The second kappa shape index (κ2) is 12.7. The molecule has 1 aromatic heterocycles. The van der Waals surface area contributed by atoms with E-state index in [1.165, 1.54) is 68.4 Å². The van der Waals surface area contributed by atoms with Gasteiger partial charge in [0.1, 0.15) is 0 Å². The predicted molar refractivity (Wildman–Crippen MR) is 219 cm³/mol. The number of hydrogen-bond acceptors (Lipinski definition) is 0. The van der Waals surface area contributed by atoms with Crippen LogP contribution in [0.5, 0.6) is 0 Å². The molecule has 0 spiro atoms. The molecule has 0 atom stereocenters. The van der Waals surface area contributed by atoms with Crippen molar-refractivity contribution in [1.82, 2.24) is 4.57 Å². The van der Waals surface area contributed by atoms with Gasteiger partial charge in [-0.25, -0.2) is 0 Å². The Labute approximate surface area is 331 Å². The molecule has 4 aliphatic rings. The maximum Gasteiger partial charge on any atom is 0.416 e. The van der Waals surface area contributed by atoms with Gasteiger partial charge in [-0.15, -0.1) is 0 Å². The molecule has 57 heavy (non-hydrogen) atoms. The largest absolute Gasteiger partial charge is 0.416 e.